The van der Waals surface area contributed by atoms with Gasteiger partial charge in [-0.25, -0.2) is 4.79 Å². The monoisotopic (exact) mass is 232 g/mol. The van der Waals surface area contributed by atoms with Crippen molar-refractivity contribution in [2.24, 2.45) is 0 Å². The molecule has 0 saturated carbocycles. The third kappa shape index (κ3) is 1.73. The maximum atomic E-state index is 10.7. The quantitative estimate of drug-likeness (QED) is 0.599. The zero-order chi connectivity index (χ0) is 11.2. The van der Waals surface area contributed by atoms with Crippen molar-refractivity contribution in [2.45, 2.75) is 35.7 Å². The Bertz CT molecular complexity index is 314. The van der Waals surface area contributed by atoms with Crippen molar-refractivity contribution in [2.75, 3.05) is 0 Å². The molecule has 5 atom stereocenters. The molecule has 3 N–H and O–H groups in total. The van der Waals surface area contributed by atoms with E-state index in [0.717, 1.165) is 0 Å². The van der Waals surface area contributed by atoms with E-state index in [2.05, 4.69) is 0 Å². The fraction of sp³-hybridized carbons (Fsp3) is 0.667. The van der Waals surface area contributed by atoms with Crippen LogP contribution in [0.4, 0.5) is 0 Å². The highest BCUT2D eigenvalue weighted by Crippen LogP contribution is 2.46. The summed E-state index contributed by atoms with van der Waals surface area (Å²) in [7, 11) is 0. The molecule has 0 aromatic rings. The normalized spacial score (nSPS) is 40.6. The van der Waals surface area contributed by atoms with Crippen molar-refractivity contribution in [1.82, 2.24) is 0 Å². The number of hydrogen-bond acceptors (Lipinski definition) is 5. The summed E-state index contributed by atoms with van der Waals surface area (Å²) < 4.78 is 5.21. The summed E-state index contributed by atoms with van der Waals surface area (Å²) in [5.74, 6) is -1.41. The predicted molar refractivity (Wildman–Crippen MR) is 53.4 cm³/mol. The third-order valence-electron chi connectivity index (χ3n) is 2.57. The molecule has 2 aliphatic heterocycles. The molecule has 6 heteroatoms. The fourth-order valence-electron chi connectivity index (χ4n) is 1.79. The van der Waals surface area contributed by atoms with Crippen LogP contribution in [0.1, 0.15) is 6.92 Å². The fourth-order valence-corrected chi connectivity index (χ4v) is 3.11. The molecule has 0 aromatic carbocycles. The minimum absolute atomic E-state index is 0.160. The highest BCUT2D eigenvalue weighted by molar-refractivity contribution is 8.02. The Morgan fingerprint density at radius 2 is 2.33 bits per heavy atom. The Morgan fingerprint density at radius 1 is 1.67 bits per heavy atom. The van der Waals surface area contributed by atoms with E-state index in [0.29, 0.717) is 0 Å². The van der Waals surface area contributed by atoms with E-state index in [4.69, 9.17) is 9.84 Å². The number of carboxylic acid groups (broad SMARTS) is 1. The smallest absolute Gasteiger partial charge is 0.370 e. The molecule has 0 aliphatic carbocycles. The van der Waals surface area contributed by atoms with Crippen LogP contribution in [0.3, 0.4) is 0 Å². The maximum absolute atomic E-state index is 10.7. The highest BCUT2D eigenvalue weighted by atomic mass is 32.2. The second-order valence-electron chi connectivity index (χ2n) is 3.72. The molecule has 15 heavy (non-hydrogen) atoms. The van der Waals surface area contributed by atoms with Crippen LogP contribution in [0.2, 0.25) is 0 Å². The first-order valence-corrected chi connectivity index (χ1v) is 5.58. The average Bonchev–Trinajstić information content (AvgIpc) is 2.07. The molecule has 0 aromatic heterocycles. The number of aliphatic hydroxyl groups is 2. The van der Waals surface area contributed by atoms with E-state index in [9.17, 15) is 15.0 Å². The van der Waals surface area contributed by atoms with Gasteiger partial charge in [0.25, 0.3) is 0 Å². The lowest BCUT2D eigenvalue weighted by molar-refractivity contribution is -0.139. The van der Waals surface area contributed by atoms with Gasteiger partial charge in [-0.2, -0.15) is 0 Å². The summed E-state index contributed by atoms with van der Waals surface area (Å²) in [6.45, 7) is 1.63. The maximum Gasteiger partial charge on any atom is 0.370 e. The Hall–Kier alpha value is -0.720. The molecule has 1 saturated heterocycles. The lowest BCUT2D eigenvalue weighted by atomic mass is 10.00. The van der Waals surface area contributed by atoms with Gasteiger partial charge in [0, 0.05) is 0 Å². The summed E-state index contributed by atoms with van der Waals surface area (Å²) >= 11 is 1.42. The van der Waals surface area contributed by atoms with Crippen LogP contribution in [-0.4, -0.2) is 50.1 Å². The molecule has 0 amide bonds. The van der Waals surface area contributed by atoms with Gasteiger partial charge < -0.3 is 20.1 Å². The van der Waals surface area contributed by atoms with Crippen molar-refractivity contribution in [3.05, 3.63) is 11.8 Å². The number of thioether (sulfide) groups is 1. The number of carbonyl (C=O) groups is 1. The van der Waals surface area contributed by atoms with Gasteiger partial charge in [-0.15, -0.1) is 11.8 Å². The number of aliphatic hydroxyl groups excluding tert-OH is 2. The summed E-state index contributed by atoms with van der Waals surface area (Å²) in [5, 5.41) is 27.4. The van der Waals surface area contributed by atoms with Crippen LogP contribution in [0.15, 0.2) is 11.8 Å². The number of aliphatic carboxylic acids is 1. The Morgan fingerprint density at radius 3 is 2.87 bits per heavy atom. The minimum atomic E-state index is -1.19. The van der Waals surface area contributed by atoms with E-state index in [-0.39, 0.29) is 16.3 Å². The molecule has 2 heterocycles. The summed E-state index contributed by atoms with van der Waals surface area (Å²) in [4.78, 5) is 10.7. The first-order chi connectivity index (χ1) is 7.00. The molecule has 5 nitrogen and oxygen atoms in total. The van der Waals surface area contributed by atoms with Crippen molar-refractivity contribution in [3.63, 3.8) is 0 Å². The average molecular weight is 232 g/mol. The molecule has 84 valence electrons. The molecule has 0 spiro atoms. The van der Waals surface area contributed by atoms with E-state index >= 15 is 0 Å². The van der Waals surface area contributed by atoms with E-state index < -0.39 is 24.3 Å². The standard InChI is InChI=1S/C9H12O5S/c1-3(10)7-6-8(15-7)4(11)2-5(14-6)9(12)13/h2-4,6-8,10-11H,1H3,(H,12,13)/t3?,4-,6?,7?,8?/m1/s1. The van der Waals surface area contributed by atoms with Crippen molar-refractivity contribution >= 4 is 17.7 Å². The molecule has 1 fully saturated rings. The van der Waals surface area contributed by atoms with Crippen LogP contribution >= 0.6 is 11.8 Å². The van der Waals surface area contributed by atoms with Crippen LogP contribution < -0.4 is 0 Å². The van der Waals surface area contributed by atoms with Crippen molar-refractivity contribution in [1.29, 1.82) is 0 Å². The molecule has 4 unspecified atom stereocenters. The van der Waals surface area contributed by atoms with Gasteiger partial charge in [-0.05, 0) is 13.0 Å². The number of ether oxygens (including phenoxy) is 1. The topological polar surface area (TPSA) is 87.0 Å². The van der Waals surface area contributed by atoms with Crippen molar-refractivity contribution < 1.29 is 24.9 Å². The molecule has 0 radical (unpaired) electrons. The Balaban J connectivity index is 2.13. The number of hydrogen-bond donors (Lipinski definition) is 3. The van der Waals surface area contributed by atoms with Crippen molar-refractivity contribution in [3.8, 4) is 0 Å². The SMILES string of the molecule is CC(O)C1SC2C1OC(C(=O)O)=C[C@H]2O. The second-order valence-corrected chi connectivity index (χ2v) is 5.08. The van der Waals surface area contributed by atoms with Gasteiger partial charge in [-0.1, -0.05) is 0 Å². The molecule has 2 aliphatic rings. The number of rotatable bonds is 2. The summed E-state index contributed by atoms with van der Waals surface area (Å²) in [6.07, 6.45) is -0.582. The van der Waals surface area contributed by atoms with Gasteiger partial charge in [0.15, 0.2) is 0 Å². The molecular weight excluding hydrogens is 220 g/mol. The lowest BCUT2D eigenvalue weighted by Gasteiger charge is -2.48. The summed E-state index contributed by atoms with van der Waals surface area (Å²) in [5.41, 5.74) is 0. The van der Waals surface area contributed by atoms with Crippen LogP contribution in [0, 0.1) is 0 Å². The lowest BCUT2D eigenvalue weighted by Crippen LogP contribution is -2.58. The van der Waals surface area contributed by atoms with Crippen LogP contribution in [0.5, 0.6) is 0 Å². The van der Waals surface area contributed by atoms with Gasteiger partial charge >= 0.3 is 5.97 Å². The molecular formula is C9H12O5S. The van der Waals surface area contributed by atoms with E-state index in [1.54, 1.807) is 6.92 Å². The van der Waals surface area contributed by atoms with Crippen LogP contribution in [0.25, 0.3) is 0 Å². The zero-order valence-corrected chi connectivity index (χ0v) is 8.85. The Kier molecular flexibility index (Phi) is 2.66. The zero-order valence-electron chi connectivity index (χ0n) is 8.03. The van der Waals surface area contributed by atoms with Gasteiger partial charge in [-0.3, -0.25) is 0 Å². The Labute approximate surface area is 90.7 Å². The minimum Gasteiger partial charge on any atom is -0.481 e. The van der Waals surface area contributed by atoms with E-state index in [1.165, 1.54) is 17.8 Å². The van der Waals surface area contributed by atoms with Gasteiger partial charge in [0.2, 0.25) is 5.76 Å². The van der Waals surface area contributed by atoms with Gasteiger partial charge in [0.1, 0.15) is 6.10 Å². The third-order valence-corrected chi connectivity index (χ3v) is 4.41. The largest absolute Gasteiger partial charge is 0.481 e. The first kappa shape index (κ1) is 10.8. The summed E-state index contributed by atoms with van der Waals surface area (Å²) in [6, 6.07) is 0. The van der Waals surface area contributed by atoms with E-state index in [1.807, 2.05) is 0 Å². The first-order valence-electron chi connectivity index (χ1n) is 4.64. The van der Waals surface area contributed by atoms with Crippen LogP contribution in [-0.2, 0) is 9.53 Å². The number of carboxylic acids is 1. The number of fused-ring (bicyclic) bond motifs is 1. The predicted octanol–water partition coefficient (Wildman–Crippen LogP) is -0.421. The second kappa shape index (κ2) is 3.70. The molecule has 0 bridgehead atoms. The molecule has 2 rings (SSSR count). The highest BCUT2D eigenvalue weighted by Gasteiger charge is 2.52. The van der Waals surface area contributed by atoms with Gasteiger partial charge in [0.05, 0.1) is 22.7 Å².